The first-order chi connectivity index (χ1) is 18.0. The van der Waals surface area contributed by atoms with E-state index in [0.717, 1.165) is 36.4 Å². The maximum Gasteiger partial charge on any atom is 0.226 e. The Hall–Kier alpha value is -3.72. The highest BCUT2D eigenvalue weighted by Crippen LogP contribution is 2.34. The summed E-state index contributed by atoms with van der Waals surface area (Å²) in [7, 11) is 0. The van der Waals surface area contributed by atoms with Gasteiger partial charge in [0.15, 0.2) is 12.1 Å². The van der Waals surface area contributed by atoms with Crippen molar-refractivity contribution in [3.63, 3.8) is 0 Å². The van der Waals surface area contributed by atoms with Gasteiger partial charge in [-0.3, -0.25) is 0 Å². The molecule has 0 fully saturated rings. The molecule has 5 rings (SSSR count). The molecule has 0 aliphatic carbocycles. The van der Waals surface area contributed by atoms with Crippen molar-refractivity contribution in [2.24, 2.45) is 0 Å². The number of para-hydroxylation sites is 1. The molecule has 0 radical (unpaired) electrons. The van der Waals surface area contributed by atoms with Crippen LogP contribution in [-0.2, 0) is 19.6 Å². The maximum atomic E-state index is 9.71. The number of ether oxygens (including phenoxy) is 2. The van der Waals surface area contributed by atoms with Crippen LogP contribution in [0.1, 0.15) is 46.6 Å². The number of hydrogen-bond donors (Lipinski definition) is 3. The zero-order valence-electron chi connectivity index (χ0n) is 21.4. The van der Waals surface area contributed by atoms with E-state index in [-0.39, 0.29) is 11.4 Å². The number of aryl methyl sites for hydroxylation is 1. The van der Waals surface area contributed by atoms with Gasteiger partial charge in [-0.2, -0.15) is 9.78 Å². The van der Waals surface area contributed by atoms with E-state index in [1.807, 2.05) is 44.2 Å². The first-order valence-corrected chi connectivity index (χ1v) is 12.6. The van der Waals surface area contributed by atoms with Crippen LogP contribution in [0.4, 0.5) is 0 Å². The average Bonchev–Trinajstić information content (AvgIpc) is 3.33. The topological polar surface area (TPSA) is 102 Å². The molecule has 3 heterocycles. The van der Waals surface area contributed by atoms with Crippen molar-refractivity contribution < 1.29 is 19.7 Å². The molecule has 3 N–H and O–H groups in total. The van der Waals surface area contributed by atoms with Gasteiger partial charge in [0.25, 0.3) is 0 Å². The number of benzene rings is 2. The molecule has 0 spiro atoms. The Balaban J connectivity index is 1.47. The summed E-state index contributed by atoms with van der Waals surface area (Å²) in [6.07, 6.45) is 0.717. The Labute approximate surface area is 216 Å². The van der Waals surface area contributed by atoms with Crippen LogP contribution in [0.15, 0.2) is 54.7 Å². The molecule has 0 saturated carbocycles. The minimum absolute atomic E-state index is 0.185. The summed E-state index contributed by atoms with van der Waals surface area (Å²) in [5.41, 5.74) is 8.07. The third kappa shape index (κ3) is 4.96. The number of pyridine rings is 1. The van der Waals surface area contributed by atoms with Crippen molar-refractivity contribution >= 4 is 0 Å². The number of hydrogen-bond acceptors (Lipinski definition) is 7. The molecule has 8 heteroatoms. The van der Waals surface area contributed by atoms with Gasteiger partial charge >= 0.3 is 0 Å². The van der Waals surface area contributed by atoms with E-state index in [1.54, 1.807) is 6.07 Å². The lowest BCUT2D eigenvalue weighted by Crippen LogP contribution is -2.24. The van der Waals surface area contributed by atoms with Crippen molar-refractivity contribution in [2.45, 2.75) is 46.6 Å². The van der Waals surface area contributed by atoms with Crippen LogP contribution in [-0.4, -0.2) is 38.1 Å². The Morgan fingerprint density at radius 3 is 2.70 bits per heavy atom. The number of aromatic nitrogens is 3. The lowest BCUT2D eigenvalue weighted by atomic mass is 9.93. The SMILES string of the molecule is CCOc1c(C(O)O)cnn1-c1cccc(-c2cccc(C)c2OCc2ccc3c(c2C)CCNC3)n1. The van der Waals surface area contributed by atoms with Crippen LogP contribution in [0.3, 0.4) is 0 Å². The van der Waals surface area contributed by atoms with E-state index >= 15 is 0 Å². The van der Waals surface area contributed by atoms with Gasteiger partial charge in [0.1, 0.15) is 12.4 Å². The number of aliphatic hydroxyl groups excluding tert-OH is 1. The third-order valence-electron chi connectivity index (χ3n) is 6.80. The molecule has 4 aromatic rings. The molecule has 8 nitrogen and oxygen atoms in total. The minimum Gasteiger partial charge on any atom is -0.488 e. The van der Waals surface area contributed by atoms with Crippen LogP contribution < -0.4 is 14.8 Å². The van der Waals surface area contributed by atoms with Crippen LogP contribution >= 0.6 is 0 Å². The van der Waals surface area contributed by atoms with Gasteiger partial charge in [0.05, 0.1) is 24.1 Å². The van der Waals surface area contributed by atoms with E-state index in [9.17, 15) is 10.2 Å². The monoisotopic (exact) mass is 500 g/mol. The fraction of sp³-hybridized carbons (Fsp3) is 0.310. The lowest BCUT2D eigenvalue weighted by Gasteiger charge is -2.22. The summed E-state index contributed by atoms with van der Waals surface area (Å²) >= 11 is 0. The summed E-state index contributed by atoms with van der Waals surface area (Å²) in [4.78, 5) is 4.83. The Bertz CT molecular complexity index is 1410. The van der Waals surface area contributed by atoms with Gasteiger partial charge in [-0.15, -0.1) is 0 Å². The number of fused-ring (bicyclic) bond motifs is 1. The van der Waals surface area contributed by atoms with Crippen molar-refractivity contribution in [1.82, 2.24) is 20.1 Å². The van der Waals surface area contributed by atoms with Gasteiger partial charge in [-0.1, -0.05) is 30.3 Å². The molecule has 0 atom stereocenters. The summed E-state index contributed by atoms with van der Waals surface area (Å²) in [6.45, 7) is 8.78. The van der Waals surface area contributed by atoms with Gasteiger partial charge in [-0.05, 0) is 79.8 Å². The van der Waals surface area contributed by atoms with Gasteiger partial charge in [0, 0.05) is 12.1 Å². The van der Waals surface area contributed by atoms with Gasteiger partial charge < -0.3 is 25.0 Å². The number of rotatable bonds is 8. The van der Waals surface area contributed by atoms with Crippen molar-refractivity contribution in [1.29, 1.82) is 0 Å². The van der Waals surface area contributed by atoms with Gasteiger partial charge in [-0.25, -0.2) is 4.98 Å². The van der Waals surface area contributed by atoms with Crippen LogP contribution in [0.5, 0.6) is 11.6 Å². The smallest absolute Gasteiger partial charge is 0.226 e. The van der Waals surface area contributed by atoms with E-state index in [2.05, 4.69) is 29.5 Å². The molecule has 192 valence electrons. The summed E-state index contributed by atoms with van der Waals surface area (Å²) in [6, 6.07) is 16.0. The second kappa shape index (κ2) is 10.7. The van der Waals surface area contributed by atoms with Gasteiger partial charge in [0.2, 0.25) is 5.88 Å². The van der Waals surface area contributed by atoms with Crippen molar-refractivity contribution in [3.8, 4) is 28.7 Å². The van der Waals surface area contributed by atoms with E-state index < -0.39 is 6.29 Å². The van der Waals surface area contributed by atoms with E-state index in [1.165, 1.54) is 33.1 Å². The minimum atomic E-state index is -1.70. The second-order valence-corrected chi connectivity index (χ2v) is 9.16. The molecule has 2 aromatic heterocycles. The average molecular weight is 501 g/mol. The number of nitrogens with zero attached hydrogens (tertiary/aromatic N) is 3. The van der Waals surface area contributed by atoms with E-state index in [4.69, 9.17) is 14.5 Å². The zero-order chi connectivity index (χ0) is 25.9. The fourth-order valence-electron chi connectivity index (χ4n) is 4.83. The van der Waals surface area contributed by atoms with Crippen LogP contribution in [0, 0.1) is 13.8 Å². The first-order valence-electron chi connectivity index (χ1n) is 12.6. The highest BCUT2D eigenvalue weighted by Gasteiger charge is 2.20. The molecule has 0 amide bonds. The predicted molar refractivity (Wildman–Crippen MR) is 141 cm³/mol. The highest BCUT2D eigenvalue weighted by molar-refractivity contribution is 5.69. The zero-order valence-corrected chi connectivity index (χ0v) is 21.4. The molecule has 1 aliphatic heterocycles. The Morgan fingerprint density at radius 2 is 1.89 bits per heavy atom. The summed E-state index contributed by atoms with van der Waals surface area (Å²) < 4.78 is 13.6. The van der Waals surface area contributed by atoms with Crippen molar-refractivity contribution in [3.05, 3.63) is 88.1 Å². The fourth-order valence-corrected chi connectivity index (χ4v) is 4.83. The highest BCUT2D eigenvalue weighted by atomic mass is 16.5. The Morgan fingerprint density at radius 1 is 1.05 bits per heavy atom. The Kier molecular flexibility index (Phi) is 7.23. The molecular formula is C29H32N4O4. The number of aliphatic hydroxyl groups is 2. The first kappa shape index (κ1) is 25.0. The molecule has 37 heavy (non-hydrogen) atoms. The van der Waals surface area contributed by atoms with Crippen LogP contribution in [0.25, 0.3) is 17.1 Å². The molecule has 0 saturated heterocycles. The normalized spacial score (nSPS) is 13.0. The molecular weight excluding hydrogens is 468 g/mol. The largest absolute Gasteiger partial charge is 0.488 e. The molecule has 0 bridgehead atoms. The standard InChI is InChI=1S/C29H32N4O4/c1-4-36-28-24(29(34)35)16-31-33(28)26-10-6-9-25(32-26)23-8-5-7-18(2)27(23)37-17-21-12-11-20-15-30-14-13-22(20)19(21)3/h5-12,16,29-30,34-35H,4,13-15,17H2,1-3H3. The predicted octanol–water partition coefficient (Wildman–Crippen LogP) is 4.16. The quantitative estimate of drug-likeness (QED) is 0.312. The molecule has 1 aliphatic rings. The third-order valence-corrected chi connectivity index (χ3v) is 6.80. The summed E-state index contributed by atoms with van der Waals surface area (Å²) in [5.74, 6) is 1.53. The number of nitrogens with one attached hydrogen (secondary N) is 1. The lowest BCUT2D eigenvalue weighted by molar-refractivity contribution is -0.0442. The summed E-state index contributed by atoms with van der Waals surface area (Å²) in [5, 5.41) is 27.2. The maximum absolute atomic E-state index is 9.71. The second-order valence-electron chi connectivity index (χ2n) is 9.16. The van der Waals surface area contributed by atoms with E-state index in [0.29, 0.717) is 24.7 Å². The molecule has 0 unspecified atom stereocenters. The van der Waals surface area contributed by atoms with Crippen LogP contribution in [0.2, 0.25) is 0 Å². The molecule has 2 aromatic carbocycles. The van der Waals surface area contributed by atoms with Crippen molar-refractivity contribution in [2.75, 3.05) is 13.2 Å².